The van der Waals surface area contributed by atoms with Gasteiger partial charge >= 0.3 is 0 Å². The van der Waals surface area contributed by atoms with Gasteiger partial charge in [0.2, 0.25) is 0 Å². The van der Waals surface area contributed by atoms with Crippen LogP contribution >= 0.6 is 15.9 Å². The minimum absolute atomic E-state index is 0.148. The Morgan fingerprint density at radius 3 is 3.00 bits per heavy atom. The van der Waals surface area contributed by atoms with E-state index in [-0.39, 0.29) is 18.3 Å². The SMILES string of the molecule is O=C(COc1ccc(F)cc1Br)NCCc1nnc2ccccn12. The predicted molar refractivity (Wildman–Crippen MR) is 89.3 cm³/mol. The van der Waals surface area contributed by atoms with Crippen LogP contribution in [-0.2, 0) is 11.2 Å². The summed E-state index contributed by atoms with van der Waals surface area (Å²) in [5.41, 5.74) is 0.767. The number of fused-ring (bicyclic) bond motifs is 1. The van der Waals surface area contributed by atoms with Gasteiger partial charge in [-0.3, -0.25) is 9.20 Å². The van der Waals surface area contributed by atoms with E-state index in [0.29, 0.717) is 23.2 Å². The molecule has 1 aromatic carbocycles. The fraction of sp³-hybridized carbons (Fsp3) is 0.188. The quantitative estimate of drug-likeness (QED) is 0.698. The zero-order valence-corrected chi connectivity index (χ0v) is 14.2. The molecule has 6 nitrogen and oxygen atoms in total. The average molecular weight is 393 g/mol. The van der Waals surface area contributed by atoms with E-state index in [0.717, 1.165) is 11.5 Å². The lowest BCUT2D eigenvalue weighted by molar-refractivity contribution is -0.123. The van der Waals surface area contributed by atoms with E-state index < -0.39 is 0 Å². The fourth-order valence-corrected chi connectivity index (χ4v) is 2.63. The van der Waals surface area contributed by atoms with Crippen molar-refractivity contribution in [2.45, 2.75) is 6.42 Å². The number of rotatable bonds is 6. The van der Waals surface area contributed by atoms with Crippen LogP contribution in [0.2, 0.25) is 0 Å². The third kappa shape index (κ3) is 3.88. The molecule has 1 amide bonds. The van der Waals surface area contributed by atoms with Crippen molar-refractivity contribution in [3.05, 3.63) is 58.7 Å². The number of nitrogens with zero attached hydrogens (tertiary/aromatic N) is 3. The second-order valence-electron chi connectivity index (χ2n) is 5.01. The van der Waals surface area contributed by atoms with Gasteiger partial charge in [-0.1, -0.05) is 6.07 Å². The van der Waals surface area contributed by atoms with Crippen molar-refractivity contribution in [3.8, 4) is 5.75 Å². The summed E-state index contributed by atoms with van der Waals surface area (Å²) >= 11 is 3.18. The Bertz CT molecular complexity index is 868. The van der Waals surface area contributed by atoms with Gasteiger partial charge in [0, 0.05) is 19.2 Å². The highest BCUT2D eigenvalue weighted by Gasteiger charge is 2.08. The molecule has 0 atom stereocenters. The third-order valence-corrected chi connectivity index (χ3v) is 3.93. The van der Waals surface area contributed by atoms with Crippen molar-refractivity contribution in [1.29, 1.82) is 0 Å². The fourth-order valence-electron chi connectivity index (χ4n) is 2.16. The van der Waals surface area contributed by atoms with E-state index in [1.165, 1.54) is 18.2 Å². The van der Waals surface area contributed by atoms with Crippen LogP contribution in [0.1, 0.15) is 5.82 Å². The largest absolute Gasteiger partial charge is 0.483 e. The monoisotopic (exact) mass is 392 g/mol. The minimum Gasteiger partial charge on any atom is -0.483 e. The molecular formula is C16H14BrFN4O2. The zero-order chi connectivity index (χ0) is 16.9. The zero-order valence-electron chi connectivity index (χ0n) is 12.6. The maximum Gasteiger partial charge on any atom is 0.257 e. The molecule has 0 saturated heterocycles. The number of hydrogen-bond acceptors (Lipinski definition) is 4. The van der Waals surface area contributed by atoms with Gasteiger partial charge in [-0.25, -0.2) is 4.39 Å². The number of hydrogen-bond donors (Lipinski definition) is 1. The van der Waals surface area contributed by atoms with Crippen molar-refractivity contribution in [2.24, 2.45) is 0 Å². The number of nitrogens with one attached hydrogen (secondary N) is 1. The first kappa shape index (κ1) is 16.4. The summed E-state index contributed by atoms with van der Waals surface area (Å²) in [6.07, 6.45) is 2.43. The Morgan fingerprint density at radius 2 is 2.17 bits per heavy atom. The molecule has 8 heteroatoms. The standard InChI is InChI=1S/C16H14BrFN4O2/c17-12-9-11(18)4-5-13(12)24-10-16(23)19-7-6-15-21-20-14-3-1-2-8-22(14)15/h1-5,8-9H,6-7,10H2,(H,19,23). The molecule has 0 saturated carbocycles. The molecule has 0 aliphatic heterocycles. The maximum atomic E-state index is 13.0. The molecule has 0 unspecified atom stereocenters. The molecule has 3 rings (SSSR count). The van der Waals surface area contributed by atoms with E-state index in [4.69, 9.17) is 4.74 Å². The van der Waals surface area contributed by atoms with Gasteiger partial charge in [0.1, 0.15) is 17.4 Å². The molecule has 0 spiro atoms. The van der Waals surface area contributed by atoms with E-state index in [1.54, 1.807) is 0 Å². The Morgan fingerprint density at radius 1 is 1.29 bits per heavy atom. The molecule has 124 valence electrons. The normalized spacial score (nSPS) is 10.8. The van der Waals surface area contributed by atoms with Crippen LogP contribution in [0, 0.1) is 5.82 Å². The van der Waals surface area contributed by atoms with E-state index in [9.17, 15) is 9.18 Å². The summed E-state index contributed by atoms with van der Waals surface area (Å²) in [5, 5.41) is 10.9. The van der Waals surface area contributed by atoms with Crippen molar-refractivity contribution in [1.82, 2.24) is 19.9 Å². The minimum atomic E-state index is -0.376. The number of benzene rings is 1. The number of amides is 1. The molecule has 1 N–H and O–H groups in total. The smallest absolute Gasteiger partial charge is 0.257 e. The highest BCUT2D eigenvalue weighted by molar-refractivity contribution is 9.10. The van der Waals surface area contributed by atoms with Crippen LogP contribution in [0.3, 0.4) is 0 Å². The van der Waals surface area contributed by atoms with Gasteiger partial charge in [0.15, 0.2) is 12.3 Å². The van der Waals surface area contributed by atoms with Crippen LogP contribution in [-0.4, -0.2) is 33.7 Å². The molecule has 2 heterocycles. The van der Waals surface area contributed by atoms with Crippen LogP contribution in [0.5, 0.6) is 5.75 Å². The molecule has 0 aliphatic carbocycles. The molecule has 3 aromatic rings. The second-order valence-corrected chi connectivity index (χ2v) is 5.86. The average Bonchev–Trinajstić information content (AvgIpc) is 2.97. The Labute approximate surface area is 145 Å². The number of ether oxygens (including phenoxy) is 1. The summed E-state index contributed by atoms with van der Waals surface area (Å²) in [5.74, 6) is 0.544. The summed E-state index contributed by atoms with van der Waals surface area (Å²) in [6, 6.07) is 9.67. The highest BCUT2D eigenvalue weighted by atomic mass is 79.9. The Balaban J connectivity index is 1.47. The Hall–Kier alpha value is -2.48. The first-order valence-electron chi connectivity index (χ1n) is 7.26. The van der Waals surface area contributed by atoms with Crippen LogP contribution in [0.25, 0.3) is 5.65 Å². The first-order chi connectivity index (χ1) is 11.6. The highest BCUT2D eigenvalue weighted by Crippen LogP contribution is 2.25. The maximum absolute atomic E-state index is 13.0. The van der Waals surface area contributed by atoms with Gasteiger partial charge < -0.3 is 10.1 Å². The Kier molecular flexibility index (Phi) is 5.05. The third-order valence-electron chi connectivity index (χ3n) is 3.31. The van der Waals surface area contributed by atoms with E-state index >= 15 is 0 Å². The van der Waals surface area contributed by atoms with Crippen molar-refractivity contribution in [3.63, 3.8) is 0 Å². The van der Waals surface area contributed by atoms with Gasteiger partial charge in [-0.05, 0) is 46.3 Å². The predicted octanol–water partition coefficient (Wildman–Crippen LogP) is 2.37. The first-order valence-corrected chi connectivity index (χ1v) is 8.06. The van der Waals surface area contributed by atoms with E-state index in [2.05, 4.69) is 31.4 Å². The van der Waals surface area contributed by atoms with Crippen molar-refractivity contribution < 1.29 is 13.9 Å². The topological polar surface area (TPSA) is 68.5 Å². The number of halogens is 2. The lowest BCUT2D eigenvalue weighted by Crippen LogP contribution is -2.30. The summed E-state index contributed by atoms with van der Waals surface area (Å²) < 4.78 is 20.7. The van der Waals surface area contributed by atoms with Gasteiger partial charge in [-0.15, -0.1) is 10.2 Å². The second kappa shape index (κ2) is 7.39. The number of aromatic nitrogens is 3. The van der Waals surface area contributed by atoms with Gasteiger partial charge in [-0.2, -0.15) is 0 Å². The molecule has 24 heavy (non-hydrogen) atoms. The van der Waals surface area contributed by atoms with Crippen LogP contribution < -0.4 is 10.1 Å². The lowest BCUT2D eigenvalue weighted by Gasteiger charge is -2.08. The van der Waals surface area contributed by atoms with Gasteiger partial charge in [0.25, 0.3) is 5.91 Å². The summed E-state index contributed by atoms with van der Waals surface area (Å²) in [4.78, 5) is 11.8. The molecule has 0 bridgehead atoms. The van der Waals surface area contributed by atoms with Gasteiger partial charge in [0.05, 0.1) is 4.47 Å². The molecule has 0 radical (unpaired) electrons. The molecule has 0 aliphatic rings. The number of carbonyl (C=O) groups excluding carboxylic acids is 1. The molecular weight excluding hydrogens is 379 g/mol. The van der Waals surface area contributed by atoms with Crippen LogP contribution in [0.4, 0.5) is 4.39 Å². The summed E-state index contributed by atoms with van der Waals surface area (Å²) in [7, 11) is 0. The van der Waals surface area contributed by atoms with E-state index in [1.807, 2.05) is 28.8 Å². The van der Waals surface area contributed by atoms with Crippen LogP contribution in [0.15, 0.2) is 47.1 Å². The molecule has 2 aromatic heterocycles. The van der Waals surface area contributed by atoms with Crippen molar-refractivity contribution >= 4 is 27.5 Å². The summed E-state index contributed by atoms with van der Waals surface area (Å²) in [6.45, 7) is 0.271. The number of carbonyl (C=O) groups is 1. The van der Waals surface area contributed by atoms with Crippen molar-refractivity contribution in [2.75, 3.05) is 13.2 Å². The molecule has 0 fully saturated rings. The lowest BCUT2D eigenvalue weighted by atomic mass is 10.3. The number of pyridine rings is 1.